The van der Waals surface area contributed by atoms with Gasteiger partial charge < -0.3 is 0 Å². The second-order valence-corrected chi connectivity index (χ2v) is 39.0. The molecule has 0 saturated carbocycles. The number of fused-ring (bicyclic) bond motifs is 20. The molecule has 4 aliphatic rings. The lowest BCUT2D eigenvalue weighted by atomic mass is 9.93. The van der Waals surface area contributed by atoms with E-state index in [1.54, 1.807) is 12.4 Å². The van der Waals surface area contributed by atoms with Crippen LogP contribution in [0.25, 0.3) is 320 Å². The van der Waals surface area contributed by atoms with E-state index < -0.39 is 0 Å². The molecule has 35 rings (SSSR count). The largest absolute Gasteiger partial charge is 0.292 e. The lowest BCUT2D eigenvalue weighted by Gasteiger charge is -2.15. The molecule has 0 radical (unpaired) electrons. The van der Waals surface area contributed by atoms with Crippen LogP contribution in [0, 0.1) is 0 Å². The Morgan fingerprint density at radius 3 is 0.767 bits per heavy atom. The molecule has 0 spiro atoms. The first-order valence-corrected chi connectivity index (χ1v) is 50.7. The highest BCUT2D eigenvalue weighted by atomic mass is 15.2. The van der Waals surface area contributed by atoms with Crippen molar-refractivity contribution in [3.8, 4) is 146 Å². The van der Waals surface area contributed by atoms with Crippen molar-refractivity contribution in [2.24, 2.45) is 0 Å². The van der Waals surface area contributed by atoms with E-state index in [0.717, 1.165) is 133 Å². The van der Waals surface area contributed by atoms with Crippen molar-refractivity contribution >= 4 is 174 Å². The van der Waals surface area contributed by atoms with E-state index in [0.29, 0.717) is 11.9 Å². The Bertz CT molecular complexity index is 10900. The van der Waals surface area contributed by atoms with Gasteiger partial charge in [-0.2, -0.15) is 0 Å². The van der Waals surface area contributed by atoms with E-state index in [9.17, 15) is 0 Å². The fourth-order valence-corrected chi connectivity index (χ4v) is 25.1. The van der Waals surface area contributed by atoms with Gasteiger partial charge in [0.2, 0.25) is 11.9 Å². The predicted octanol–water partition coefficient (Wildman–Crippen LogP) is 33.9. The second kappa shape index (κ2) is 32.5. The van der Waals surface area contributed by atoms with Gasteiger partial charge in [-0.25, -0.2) is 29.9 Å². The first kappa shape index (κ1) is 83.0. The third-order valence-corrected chi connectivity index (χ3v) is 31.2. The fourth-order valence-electron chi connectivity index (χ4n) is 25.1. The van der Waals surface area contributed by atoms with E-state index in [1.807, 2.05) is 91.6 Å². The zero-order valence-electron chi connectivity index (χ0n) is 80.3. The van der Waals surface area contributed by atoms with Crippen molar-refractivity contribution in [2.45, 2.75) is 0 Å². The SMILES string of the molecule is c1ccc(-c2cc(-c3ccccc3)nc(-n3c4ccc5cccc6c5c4c4c(cc5cccnc5c43)-c3ccccc3-6)n2)cc1.c1ccc(-c2cccc(-n3c4ccc5cccc6c5c4c4c(cc5cccnc5c43)-c3ccccc3-6)n2)cc1.c1ccc(-n2c3ccc4cccc5c4c3c3c(cc4cccnc4c32)-c2ccccc2-5)nc1.c1cnc(-n2c3ccc4cccc5c4c3c3c(cc4cccnc4c32)-c2ccccc2-5)nc1. The molecule has 692 valence electrons. The third-order valence-electron chi connectivity index (χ3n) is 31.2. The van der Waals surface area contributed by atoms with Crippen LogP contribution in [-0.4, -0.2) is 68.1 Å². The molecule has 0 fully saturated rings. The van der Waals surface area contributed by atoms with Gasteiger partial charge in [0, 0.05) is 125 Å². The molecule has 19 aromatic carbocycles. The van der Waals surface area contributed by atoms with E-state index in [4.69, 9.17) is 39.9 Å². The van der Waals surface area contributed by atoms with Crippen molar-refractivity contribution in [2.75, 3.05) is 0 Å². The summed E-state index contributed by atoms with van der Waals surface area (Å²) in [4.78, 5) is 49.5. The van der Waals surface area contributed by atoms with Crippen molar-refractivity contribution in [3.63, 3.8) is 0 Å². The first-order valence-electron chi connectivity index (χ1n) is 50.7. The average molecular weight is 1910 g/mol. The van der Waals surface area contributed by atoms with Gasteiger partial charge in [0.25, 0.3) is 0 Å². The van der Waals surface area contributed by atoms with Gasteiger partial charge in [0.05, 0.1) is 83.3 Å². The highest BCUT2D eigenvalue weighted by molar-refractivity contribution is 6.39. The minimum Gasteiger partial charge on any atom is -0.292 e. The Morgan fingerprint density at radius 1 is 0.140 bits per heavy atom. The minimum absolute atomic E-state index is 0.630. The van der Waals surface area contributed by atoms with Crippen LogP contribution in [0.5, 0.6) is 0 Å². The molecule has 12 heterocycles. The smallest absolute Gasteiger partial charge is 0.235 e. The summed E-state index contributed by atoms with van der Waals surface area (Å²) in [5, 5.41) is 24.4. The maximum absolute atomic E-state index is 5.30. The summed E-state index contributed by atoms with van der Waals surface area (Å²) in [6.45, 7) is 0. The van der Waals surface area contributed by atoms with Crippen LogP contribution in [0.15, 0.2) is 474 Å². The van der Waals surface area contributed by atoms with Crippen molar-refractivity contribution in [1.82, 2.24) is 68.1 Å². The molecule has 14 nitrogen and oxygen atoms in total. The third kappa shape index (κ3) is 12.2. The number of nitrogens with zero attached hydrogens (tertiary/aromatic N) is 14. The highest BCUT2D eigenvalue weighted by Crippen LogP contribution is 2.58. The predicted molar refractivity (Wildman–Crippen MR) is 615 cm³/mol. The van der Waals surface area contributed by atoms with Gasteiger partial charge in [-0.15, -0.1) is 0 Å². The maximum Gasteiger partial charge on any atom is 0.235 e. The van der Waals surface area contributed by atoms with E-state index in [1.165, 1.54) is 175 Å². The van der Waals surface area contributed by atoms with Crippen LogP contribution >= 0.6 is 0 Å². The molecule has 4 aliphatic carbocycles. The van der Waals surface area contributed by atoms with Crippen LogP contribution in [0.2, 0.25) is 0 Å². The standard InChI is InChI=1S/C41H24N4.C36H21N3.C30H17N3.C29H16N4/c1-3-11-25(12-4-1)33-24-34(26-13-5-2-6-14-26)44-41(43-33)45-35-21-20-27-15-9-19-31-29-17-7-8-18-30(29)32-23-28-16-10-22-42-39(28)40(45)37(32)38(35)36(27)31;1-2-9-22(10-3-1)29-16-7-17-31(38-29)39-30-19-18-23-11-6-15-27-25-13-4-5-14-26(25)28-21-24-12-8-20-37-35(24)36(39)33(28)34(30)32(23)27;1-2-10-21-20(9-1)22-11-5-7-18-13-14-24-28(26(18)22)27-23(21)17-19-8-6-16-32-29(19)30(27)33(24)25-12-3-4-15-31-25;1-2-9-20-19(8-1)21-10-3-6-17-11-12-23-26(24(17)21)25-22(20)16-18-7-4-13-30-27(18)28(25)33(23)29-31-14-5-15-32-29/h1-24H;1-21H;1-17H;1-16H. The van der Waals surface area contributed by atoms with Gasteiger partial charge in [-0.3, -0.25) is 38.2 Å². The van der Waals surface area contributed by atoms with Crippen LogP contribution in [-0.2, 0) is 0 Å². The number of benzene rings is 19. The van der Waals surface area contributed by atoms with Crippen LogP contribution in [0.4, 0.5) is 0 Å². The lowest BCUT2D eigenvalue weighted by molar-refractivity contribution is 0.990. The summed E-state index contributed by atoms with van der Waals surface area (Å²) >= 11 is 0. The fraction of sp³-hybridized carbons (Fsp3) is 0. The van der Waals surface area contributed by atoms with Crippen LogP contribution in [0.3, 0.4) is 0 Å². The topological polar surface area (TPSA) is 149 Å². The van der Waals surface area contributed by atoms with Gasteiger partial charge in [-0.1, -0.05) is 322 Å². The molecular formula is C136H78N14. The van der Waals surface area contributed by atoms with Crippen molar-refractivity contribution < 1.29 is 0 Å². The molecule has 0 saturated heterocycles. The van der Waals surface area contributed by atoms with Gasteiger partial charge >= 0.3 is 0 Å². The molecule has 0 amide bonds. The van der Waals surface area contributed by atoms with Crippen molar-refractivity contribution in [3.05, 3.63) is 474 Å². The number of hydrogen-bond donors (Lipinski definition) is 0. The summed E-state index contributed by atoms with van der Waals surface area (Å²) < 4.78 is 9.08. The molecule has 0 bridgehead atoms. The zero-order chi connectivity index (χ0) is 98.0. The highest BCUT2D eigenvalue weighted by Gasteiger charge is 2.35. The Balaban J connectivity index is 0.0000000889. The monoisotopic (exact) mass is 1910 g/mol. The normalized spacial score (nSPS) is 12.1. The Morgan fingerprint density at radius 2 is 0.413 bits per heavy atom. The van der Waals surface area contributed by atoms with Gasteiger partial charge in [-0.05, 0) is 241 Å². The zero-order valence-corrected chi connectivity index (χ0v) is 80.3. The Hall–Kier alpha value is -20.5. The minimum atomic E-state index is 0.630. The summed E-state index contributed by atoms with van der Waals surface area (Å²) in [7, 11) is 0. The van der Waals surface area contributed by atoms with E-state index in [-0.39, 0.29) is 0 Å². The first-order chi connectivity index (χ1) is 74.5. The van der Waals surface area contributed by atoms with E-state index >= 15 is 0 Å². The molecule has 0 unspecified atom stereocenters. The number of hydrogen-bond acceptors (Lipinski definition) is 10. The molecule has 14 heteroatoms. The van der Waals surface area contributed by atoms with Crippen LogP contribution < -0.4 is 0 Å². The number of rotatable bonds is 7. The molecule has 150 heavy (non-hydrogen) atoms. The van der Waals surface area contributed by atoms with Crippen molar-refractivity contribution in [1.29, 1.82) is 0 Å². The summed E-state index contributed by atoms with van der Waals surface area (Å²) in [5.41, 5.74) is 38.6. The van der Waals surface area contributed by atoms with E-state index in [2.05, 4.69) is 398 Å². The quantitative estimate of drug-likeness (QED) is 0.151. The molecule has 0 aliphatic heterocycles. The summed E-state index contributed by atoms with van der Waals surface area (Å²) in [6.07, 6.45) is 13.0. The van der Waals surface area contributed by atoms with Gasteiger partial charge in [0.1, 0.15) is 11.6 Å². The number of pyridine rings is 6. The summed E-state index contributed by atoms with van der Waals surface area (Å²) in [6, 6.07) is 153. The maximum atomic E-state index is 5.30. The molecule has 31 aromatic rings. The van der Waals surface area contributed by atoms with Crippen LogP contribution in [0.1, 0.15) is 0 Å². The van der Waals surface area contributed by atoms with Gasteiger partial charge in [0.15, 0.2) is 0 Å². The molecule has 0 atom stereocenters. The number of aromatic nitrogens is 14. The molecule has 0 N–H and O–H groups in total. The second-order valence-electron chi connectivity index (χ2n) is 39.0. The summed E-state index contributed by atoms with van der Waals surface area (Å²) in [5.74, 6) is 3.09. The Kier molecular flexibility index (Phi) is 18.0. The molecular weight excluding hydrogens is 1830 g/mol. The Labute approximate surface area is 856 Å². The average Bonchev–Trinajstić information content (AvgIpc) is 1.54. The molecule has 12 aromatic heterocycles. The lowest BCUT2D eigenvalue weighted by Crippen LogP contribution is -2.05.